The van der Waals surface area contributed by atoms with E-state index in [0.29, 0.717) is 6.54 Å². The molecule has 1 aliphatic heterocycles. The number of hydrogen-bond acceptors (Lipinski definition) is 7. The van der Waals surface area contributed by atoms with E-state index in [-0.39, 0.29) is 11.7 Å². The monoisotopic (exact) mass is 375 g/mol. The van der Waals surface area contributed by atoms with Crippen LogP contribution in [-0.4, -0.2) is 58.4 Å². The molecule has 128 valence electrons. The van der Waals surface area contributed by atoms with Crippen LogP contribution in [0.1, 0.15) is 9.75 Å². The molecule has 0 radical (unpaired) electrons. The molecule has 0 fully saturated rings. The van der Waals surface area contributed by atoms with Gasteiger partial charge in [0.2, 0.25) is 0 Å². The van der Waals surface area contributed by atoms with E-state index < -0.39 is 10.2 Å². The lowest BCUT2D eigenvalue weighted by Gasteiger charge is -2.07. The minimum Gasteiger partial charge on any atom is -0.369 e. The molecule has 1 aromatic heterocycles. The molecule has 0 aromatic carbocycles. The maximum Gasteiger partial charge on any atom is 0.367 e. The Kier molecular flexibility index (Phi) is 6.45. The van der Waals surface area contributed by atoms with Gasteiger partial charge >= 0.3 is 10.2 Å². The van der Waals surface area contributed by atoms with E-state index in [0.717, 1.165) is 18.1 Å². The summed E-state index contributed by atoms with van der Waals surface area (Å²) < 4.78 is 29.7. The highest BCUT2D eigenvalue weighted by molar-refractivity contribution is 7.98. The summed E-state index contributed by atoms with van der Waals surface area (Å²) in [5.41, 5.74) is 0. The Morgan fingerprint density at radius 1 is 1.22 bits per heavy atom. The number of nitrogens with one attached hydrogen (secondary N) is 2. The van der Waals surface area contributed by atoms with E-state index in [2.05, 4.69) is 50.6 Å². The third-order valence-corrected chi connectivity index (χ3v) is 5.93. The summed E-state index contributed by atoms with van der Waals surface area (Å²) >= 11 is 3.63. The van der Waals surface area contributed by atoms with Gasteiger partial charge in [-0.1, -0.05) is 0 Å². The highest BCUT2D eigenvalue weighted by atomic mass is 32.2. The zero-order valence-corrected chi connectivity index (χ0v) is 15.8. The lowest BCUT2D eigenvalue weighted by molar-refractivity contribution is 0.406. The van der Waals surface area contributed by atoms with Crippen molar-refractivity contribution in [1.29, 1.82) is 0 Å². The van der Waals surface area contributed by atoms with E-state index >= 15 is 0 Å². The molecule has 0 bridgehead atoms. The summed E-state index contributed by atoms with van der Waals surface area (Å²) in [5.74, 6) is 2.37. The highest BCUT2D eigenvalue weighted by Gasteiger charge is 2.22. The van der Waals surface area contributed by atoms with Gasteiger partial charge in [-0.3, -0.25) is 0 Å². The molecule has 0 saturated heterocycles. The molecule has 0 saturated carbocycles. The second-order valence-corrected chi connectivity index (χ2v) is 8.78. The van der Waals surface area contributed by atoms with Crippen molar-refractivity contribution < 1.29 is 8.42 Å². The van der Waals surface area contributed by atoms with Crippen LogP contribution in [0, 0.1) is 0 Å². The van der Waals surface area contributed by atoms with Crippen LogP contribution in [-0.2, 0) is 22.5 Å². The Morgan fingerprint density at radius 2 is 1.91 bits per heavy atom. The van der Waals surface area contributed by atoms with Crippen LogP contribution in [0.3, 0.4) is 0 Å². The molecule has 0 spiro atoms. The largest absolute Gasteiger partial charge is 0.369 e. The number of thioether (sulfide) groups is 1. The molecule has 7 nitrogen and oxygen atoms in total. The SMILES string of the molecule is CNC1=NS(=O)(=O)N=C1NCCSCc1ccc(CN(C)C)s1. The minimum atomic E-state index is -3.71. The lowest BCUT2D eigenvalue weighted by atomic mass is 10.4. The van der Waals surface area contributed by atoms with Gasteiger partial charge in [0.25, 0.3) is 0 Å². The second kappa shape index (κ2) is 8.13. The highest BCUT2D eigenvalue weighted by Crippen LogP contribution is 2.22. The number of hydrogen-bond donors (Lipinski definition) is 2. The van der Waals surface area contributed by atoms with E-state index in [1.165, 1.54) is 9.75 Å². The molecular weight excluding hydrogens is 354 g/mol. The van der Waals surface area contributed by atoms with Gasteiger partial charge in [-0.25, -0.2) is 0 Å². The fraction of sp³-hybridized carbons (Fsp3) is 0.538. The minimum absolute atomic E-state index is 0.265. The van der Waals surface area contributed by atoms with Crippen molar-refractivity contribution in [3.8, 4) is 0 Å². The van der Waals surface area contributed by atoms with Crippen LogP contribution in [0.15, 0.2) is 20.9 Å². The third kappa shape index (κ3) is 5.79. The molecular formula is C13H21N5O2S3. The van der Waals surface area contributed by atoms with E-state index in [1.54, 1.807) is 18.8 Å². The van der Waals surface area contributed by atoms with Crippen molar-refractivity contribution in [3.63, 3.8) is 0 Å². The molecule has 0 amide bonds. The Labute approximate surface area is 145 Å². The molecule has 0 unspecified atom stereocenters. The van der Waals surface area contributed by atoms with Gasteiger partial charge in [0.1, 0.15) is 0 Å². The Morgan fingerprint density at radius 3 is 2.61 bits per heavy atom. The van der Waals surface area contributed by atoms with E-state index in [1.807, 2.05) is 11.3 Å². The first-order chi connectivity index (χ1) is 10.9. The van der Waals surface area contributed by atoms with Gasteiger partial charge in [-0.15, -0.1) is 20.1 Å². The maximum atomic E-state index is 11.3. The smallest absolute Gasteiger partial charge is 0.367 e. The number of likely N-dealkylation sites (N-methyl/N-ethyl adjacent to an activating group) is 1. The van der Waals surface area contributed by atoms with Gasteiger partial charge in [0.15, 0.2) is 11.7 Å². The number of nitrogens with zero attached hydrogens (tertiary/aromatic N) is 3. The molecule has 2 heterocycles. The van der Waals surface area contributed by atoms with E-state index in [9.17, 15) is 8.42 Å². The average molecular weight is 376 g/mol. The van der Waals surface area contributed by atoms with Crippen LogP contribution < -0.4 is 10.6 Å². The normalized spacial score (nSPS) is 16.3. The Balaban J connectivity index is 1.70. The average Bonchev–Trinajstić information content (AvgIpc) is 3.01. The van der Waals surface area contributed by atoms with Crippen molar-refractivity contribution in [2.45, 2.75) is 12.3 Å². The first kappa shape index (κ1) is 18.2. The second-order valence-electron chi connectivity index (χ2n) is 5.16. The van der Waals surface area contributed by atoms with Crippen molar-refractivity contribution in [3.05, 3.63) is 21.9 Å². The molecule has 2 N–H and O–H groups in total. The Hall–Kier alpha value is -1.10. The summed E-state index contributed by atoms with van der Waals surface area (Å²) in [7, 11) is 2.04. The molecule has 10 heteroatoms. The van der Waals surface area contributed by atoms with Crippen LogP contribution in [0.25, 0.3) is 0 Å². The predicted molar refractivity (Wildman–Crippen MR) is 98.7 cm³/mol. The molecule has 2 rings (SSSR count). The molecule has 23 heavy (non-hydrogen) atoms. The molecule has 0 aliphatic carbocycles. The molecule has 1 aliphatic rings. The van der Waals surface area contributed by atoms with Gasteiger partial charge < -0.3 is 15.5 Å². The summed E-state index contributed by atoms with van der Waals surface area (Å²) in [6.07, 6.45) is 0. The van der Waals surface area contributed by atoms with Gasteiger partial charge in [0.05, 0.1) is 0 Å². The summed E-state index contributed by atoms with van der Waals surface area (Å²) in [6, 6.07) is 4.34. The maximum absolute atomic E-state index is 11.3. The number of rotatable bonds is 7. The standard InChI is InChI=1S/C13H21N5O2S3/c1-14-12-13(17-23(19,20)16-12)15-6-7-21-9-11-5-4-10(22-11)8-18(2)3/h4-5H,6-9H2,1-3H3,(H,14,16)(H,15,17). The van der Waals surface area contributed by atoms with Crippen molar-refractivity contribution in [2.24, 2.45) is 8.80 Å². The van der Waals surface area contributed by atoms with Crippen LogP contribution in [0.4, 0.5) is 0 Å². The molecule has 1 aromatic rings. The fourth-order valence-corrected chi connectivity index (χ4v) is 4.87. The zero-order valence-electron chi connectivity index (χ0n) is 13.4. The predicted octanol–water partition coefficient (Wildman–Crippen LogP) is 0.907. The first-order valence-corrected chi connectivity index (χ1v) is 10.4. The van der Waals surface area contributed by atoms with Crippen LogP contribution in [0.2, 0.25) is 0 Å². The summed E-state index contributed by atoms with van der Waals surface area (Å²) in [5, 5.41) is 5.73. The topological polar surface area (TPSA) is 86.2 Å². The van der Waals surface area contributed by atoms with Gasteiger partial charge in [-0.2, -0.15) is 20.2 Å². The number of amidine groups is 2. The van der Waals surface area contributed by atoms with Crippen LogP contribution >= 0.6 is 23.1 Å². The quantitative estimate of drug-likeness (QED) is 0.689. The summed E-state index contributed by atoms with van der Waals surface area (Å²) in [6.45, 7) is 1.60. The van der Waals surface area contributed by atoms with Crippen molar-refractivity contribution in [1.82, 2.24) is 15.5 Å². The summed E-state index contributed by atoms with van der Waals surface area (Å²) in [4.78, 5) is 4.87. The van der Waals surface area contributed by atoms with Crippen molar-refractivity contribution in [2.75, 3.05) is 33.4 Å². The fourth-order valence-electron chi connectivity index (χ4n) is 1.93. The van der Waals surface area contributed by atoms with Crippen molar-refractivity contribution >= 4 is 45.0 Å². The Bertz CT molecular complexity index is 694. The third-order valence-electron chi connectivity index (χ3n) is 2.85. The van der Waals surface area contributed by atoms with Gasteiger partial charge in [0, 0.05) is 41.4 Å². The first-order valence-electron chi connectivity index (χ1n) is 7.06. The van der Waals surface area contributed by atoms with Crippen LogP contribution in [0.5, 0.6) is 0 Å². The zero-order chi connectivity index (χ0) is 16.9. The van der Waals surface area contributed by atoms with Gasteiger partial charge in [-0.05, 0) is 26.2 Å². The molecule has 0 atom stereocenters. The number of thiophene rings is 1. The lowest BCUT2D eigenvalue weighted by Crippen LogP contribution is -2.37. The van der Waals surface area contributed by atoms with E-state index in [4.69, 9.17) is 0 Å².